The summed E-state index contributed by atoms with van der Waals surface area (Å²) in [4.78, 5) is 16.8. The Morgan fingerprint density at radius 3 is 2.47 bits per heavy atom. The molecule has 1 amide bonds. The Labute approximate surface area is 196 Å². The highest BCUT2D eigenvalue weighted by Gasteiger charge is 2.33. The second-order valence-electron chi connectivity index (χ2n) is 9.04. The molecule has 1 saturated carbocycles. The van der Waals surface area contributed by atoms with Crippen LogP contribution in [0.1, 0.15) is 52.1 Å². The molecule has 1 fully saturated rings. The van der Waals surface area contributed by atoms with Crippen LogP contribution in [0.25, 0.3) is 10.9 Å². The molecule has 9 heteroatoms. The number of amides is 1. The number of hydrogen-bond acceptors (Lipinski definition) is 5. The van der Waals surface area contributed by atoms with E-state index in [-0.39, 0.29) is 16.6 Å². The summed E-state index contributed by atoms with van der Waals surface area (Å²) in [5, 5.41) is 3.65. The topological polar surface area (TPSA) is 54.0 Å². The van der Waals surface area contributed by atoms with Gasteiger partial charge in [0.2, 0.25) is 5.91 Å². The van der Waals surface area contributed by atoms with E-state index in [2.05, 4.69) is 35.8 Å². The van der Waals surface area contributed by atoms with Crippen molar-refractivity contribution in [1.82, 2.24) is 15.0 Å². The lowest BCUT2D eigenvalue weighted by molar-refractivity contribution is -0.141. The Hall–Kier alpha value is -1.45. The van der Waals surface area contributed by atoms with E-state index in [0.29, 0.717) is 34.1 Å². The highest BCUT2D eigenvalue weighted by Crippen LogP contribution is 2.34. The molecule has 0 bridgehead atoms. The van der Waals surface area contributed by atoms with E-state index >= 15 is 0 Å². The lowest BCUT2D eigenvalue weighted by Crippen LogP contribution is -2.38. The molecule has 0 spiro atoms. The van der Waals surface area contributed by atoms with Crippen LogP contribution in [-0.2, 0) is 11.0 Å². The average Bonchev–Trinajstić information content (AvgIpc) is 2.74. The molecule has 1 aromatic carbocycles. The monoisotopic (exact) mass is 485 g/mol. The largest absolute Gasteiger partial charge is 0.433 e. The molecule has 2 aromatic rings. The molecule has 176 valence electrons. The molecule has 0 unspecified atom stereocenters. The maximum atomic E-state index is 13.2. The number of nitrogens with one attached hydrogen (secondary N) is 2. The first-order valence-corrected chi connectivity index (χ1v) is 12.6. The second kappa shape index (κ2) is 10.7. The van der Waals surface area contributed by atoms with Gasteiger partial charge in [0.1, 0.15) is 5.69 Å². The molecular weight excluding hydrogens is 455 g/mol. The molecule has 0 radical (unpaired) electrons. The van der Waals surface area contributed by atoms with E-state index in [9.17, 15) is 18.0 Å². The van der Waals surface area contributed by atoms with Crippen molar-refractivity contribution in [2.45, 2.75) is 68.3 Å². The number of carbonyl (C=O) groups is 1. The molecule has 3 rings (SSSR count). The van der Waals surface area contributed by atoms with E-state index in [0.717, 1.165) is 31.7 Å². The van der Waals surface area contributed by atoms with Gasteiger partial charge in [-0.1, -0.05) is 30.1 Å². The van der Waals surface area contributed by atoms with Crippen LogP contribution >= 0.6 is 23.7 Å². The maximum absolute atomic E-state index is 13.2. The fourth-order valence-electron chi connectivity index (χ4n) is 3.62. The standard InChI is InChI=1S/C23H30F3N3OS2/c1-22(2,3)32-29-16-10-8-15(9-11-16)21(30)27-12-13-31-19-14-20(23(24,25)26)28-18-7-5-4-6-17(18)19/h4-7,14-16,29H,8-13H2,1-3H3,(H,27,30). The molecule has 0 aliphatic heterocycles. The third-order valence-corrected chi connectivity index (χ3v) is 7.38. The number of thioether (sulfide) groups is 1. The van der Waals surface area contributed by atoms with Crippen molar-refractivity contribution in [3.63, 3.8) is 0 Å². The summed E-state index contributed by atoms with van der Waals surface area (Å²) in [5.74, 6) is 0.551. The van der Waals surface area contributed by atoms with Crippen LogP contribution in [0.5, 0.6) is 0 Å². The highest BCUT2D eigenvalue weighted by molar-refractivity contribution is 7.99. The van der Waals surface area contributed by atoms with Gasteiger partial charge in [0.15, 0.2) is 0 Å². The predicted molar refractivity (Wildman–Crippen MR) is 127 cm³/mol. The van der Waals surface area contributed by atoms with Crippen molar-refractivity contribution in [2.75, 3.05) is 12.3 Å². The zero-order valence-corrected chi connectivity index (χ0v) is 20.2. The zero-order valence-electron chi connectivity index (χ0n) is 18.6. The number of para-hydroxylation sites is 1. The van der Waals surface area contributed by atoms with Gasteiger partial charge in [0, 0.05) is 39.3 Å². The molecule has 0 saturated heterocycles. The van der Waals surface area contributed by atoms with Crippen LogP contribution in [0.3, 0.4) is 0 Å². The van der Waals surface area contributed by atoms with Crippen LogP contribution in [-0.4, -0.2) is 34.0 Å². The molecule has 1 aliphatic rings. The minimum Gasteiger partial charge on any atom is -0.355 e. The first kappa shape index (κ1) is 25.2. The van der Waals surface area contributed by atoms with E-state index in [1.54, 1.807) is 36.2 Å². The second-order valence-corrected chi connectivity index (χ2v) is 11.8. The van der Waals surface area contributed by atoms with Gasteiger partial charge in [-0.2, -0.15) is 13.2 Å². The molecule has 1 heterocycles. The summed E-state index contributed by atoms with van der Waals surface area (Å²) in [6, 6.07) is 8.35. The number of nitrogens with zero attached hydrogens (tertiary/aromatic N) is 1. The van der Waals surface area contributed by atoms with E-state index in [4.69, 9.17) is 0 Å². The number of aromatic nitrogens is 1. The number of halogens is 3. The van der Waals surface area contributed by atoms with Gasteiger partial charge in [-0.05, 0) is 58.6 Å². The fraction of sp³-hybridized carbons (Fsp3) is 0.565. The fourth-order valence-corrected chi connectivity index (χ4v) is 5.32. The lowest BCUT2D eigenvalue weighted by Gasteiger charge is -2.30. The summed E-state index contributed by atoms with van der Waals surface area (Å²) in [7, 11) is 0. The van der Waals surface area contributed by atoms with Gasteiger partial charge in [0.25, 0.3) is 0 Å². The van der Waals surface area contributed by atoms with Crippen molar-refractivity contribution in [3.05, 3.63) is 36.0 Å². The van der Waals surface area contributed by atoms with Gasteiger partial charge in [0.05, 0.1) is 5.52 Å². The van der Waals surface area contributed by atoms with Crippen LogP contribution in [0, 0.1) is 5.92 Å². The highest BCUT2D eigenvalue weighted by atomic mass is 32.2. The normalized spacial score (nSPS) is 19.8. The van der Waals surface area contributed by atoms with Crippen molar-refractivity contribution in [3.8, 4) is 0 Å². The Morgan fingerprint density at radius 1 is 1.12 bits per heavy atom. The number of carbonyl (C=O) groups excluding carboxylic acids is 1. The minimum atomic E-state index is -4.49. The summed E-state index contributed by atoms with van der Waals surface area (Å²) in [6.07, 6.45) is -0.846. The Kier molecular flexibility index (Phi) is 8.38. The van der Waals surface area contributed by atoms with Gasteiger partial charge in [-0.25, -0.2) is 4.98 Å². The number of pyridine rings is 1. The molecule has 0 atom stereocenters. The number of alkyl halides is 3. The third-order valence-electron chi connectivity index (χ3n) is 5.26. The molecule has 1 aromatic heterocycles. The Morgan fingerprint density at radius 2 is 1.81 bits per heavy atom. The lowest BCUT2D eigenvalue weighted by atomic mass is 9.86. The Balaban J connectivity index is 1.48. The van der Waals surface area contributed by atoms with E-state index < -0.39 is 11.9 Å². The number of rotatable bonds is 7. The quantitative estimate of drug-likeness (QED) is 0.284. The van der Waals surface area contributed by atoms with Crippen molar-refractivity contribution in [2.24, 2.45) is 5.92 Å². The zero-order chi connectivity index (χ0) is 23.4. The van der Waals surface area contributed by atoms with Gasteiger partial charge < -0.3 is 5.32 Å². The first-order chi connectivity index (χ1) is 15.0. The SMILES string of the molecule is CC(C)(C)SNC1CCC(C(=O)NCCSc2cc(C(F)(F)F)nc3ccccc23)CC1. The molecule has 4 nitrogen and oxygen atoms in total. The molecular formula is C23H30F3N3OS2. The molecule has 2 N–H and O–H groups in total. The first-order valence-electron chi connectivity index (χ1n) is 10.8. The average molecular weight is 486 g/mol. The molecule has 1 aliphatic carbocycles. The van der Waals surface area contributed by atoms with Crippen LogP contribution in [0.15, 0.2) is 35.2 Å². The Bertz CT molecular complexity index is 923. The van der Waals surface area contributed by atoms with E-state index in [1.165, 1.54) is 11.8 Å². The predicted octanol–water partition coefficient (Wildman–Crippen LogP) is 6.06. The van der Waals surface area contributed by atoms with Gasteiger partial charge in [-0.3, -0.25) is 9.52 Å². The van der Waals surface area contributed by atoms with Crippen LogP contribution in [0.2, 0.25) is 0 Å². The third kappa shape index (κ3) is 7.28. The summed E-state index contributed by atoms with van der Waals surface area (Å²) >= 11 is 3.05. The van der Waals surface area contributed by atoms with Crippen molar-refractivity contribution in [1.29, 1.82) is 0 Å². The van der Waals surface area contributed by atoms with Gasteiger partial charge >= 0.3 is 6.18 Å². The number of hydrogen-bond donors (Lipinski definition) is 2. The van der Waals surface area contributed by atoms with Crippen molar-refractivity contribution < 1.29 is 18.0 Å². The summed E-state index contributed by atoms with van der Waals surface area (Å²) in [5.41, 5.74) is -0.568. The minimum absolute atomic E-state index is 0.0104. The van der Waals surface area contributed by atoms with Crippen LogP contribution in [0.4, 0.5) is 13.2 Å². The summed E-state index contributed by atoms with van der Waals surface area (Å²) < 4.78 is 43.3. The van der Waals surface area contributed by atoms with E-state index in [1.807, 2.05) is 0 Å². The number of benzene rings is 1. The molecule has 32 heavy (non-hydrogen) atoms. The van der Waals surface area contributed by atoms with Crippen molar-refractivity contribution >= 4 is 40.5 Å². The van der Waals surface area contributed by atoms with Crippen LogP contribution < -0.4 is 10.0 Å². The smallest absolute Gasteiger partial charge is 0.355 e. The maximum Gasteiger partial charge on any atom is 0.433 e. The van der Waals surface area contributed by atoms with Gasteiger partial charge in [-0.15, -0.1) is 11.8 Å². The summed E-state index contributed by atoms with van der Waals surface area (Å²) in [6.45, 7) is 6.92. The number of fused-ring (bicyclic) bond motifs is 1.